The van der Waals surface area contributed by atoms with Crippen molar-refractivity contribution < 1.29 is 0 Å². The fraction of sp³-hybridized carbons (Fsp3) is 0.714. The van der Waals surface area contributed by atoms with Gasteiger partial charge in [-0.05, 0) is 42.5 Å². The molecule has 0 spiro atoms. The summed E-state index contributed by atoms with van der Waals surface area (Å²) < 4.78 is 0. The summed E-state index contributed by atoms with van der Waals surface area (Å²) in [7, 11) is 0. The van der Waals surface area contributed by atoms with Crippen molar-refractivity contribution in [1.29, 1.82) is 0 Å². The van der Waals surface area contributed by atoms with Crippen LogP contribution in [0.3, 0.4) is 0 Å². The summed E-state index contributed by atoms with van der Waals surface area (Å²) >= 11 is 1.88. The third-order valence-corrected chi connectivity index (χ3v) is 4.58. The van der Waals surface area contributed by atoms with Crippen molar-refractivity contribution in [2.24, 2.45) is 11.8 Å². The van der Waals surface area contributed by atoms with E-state index in [0.29, 0.717) is 12.0 Å². The highest BCUT2D eigenvalue weighted by molar-refractivity contribution is 7.10. The summed E-state index contributed by atoms with van der Waals surface area (Å²) in [5, 5.41) is 6.04. The molecule has 0 aromatic carbocycles. The van der Waals surface area contributed by atoms with Crippen LogP contribution in [0.15, 0.2) is 17.5 Å². The molecule has 1 aliphatic rings. The van der Waals surface area contributed by atoms with Crippen LogP contribution in [-0.4, -0.2) is 6.04 Å². The Bertz CT molecular complexity index is 305. The van der Waals surface area contributed by atoms with E-state index in [0.717, 1.165) is 12.0 Å². The predicted octanol–water partition coefficient (Wildman–Crippen LogP) is 4.22. The minimum Gasteiger partial charge on any atom is -0.306 e. The Morgan fingerprint density at radius 3 is 2.69 bits per heavy atom. The van der Waals surface area contributed by atoms with Crippen LogP contribution in [0.5, 0.6) is 0 Å². The summed E-state index contributed by atoms with van der Waals surface area (Å²) in [6, 6.07) is 5.72. The first-order chi connectivity index (χ1) is 7.66. The summed E-state index contributed by atoms with van der Waals surface area (Å²) in [4.78, 5) is 1.49. The fourth-order valence-electron chi connectivity index (χ4n) is 2.68. The molecule has 1 saturated carbocycles. The highest BCUT2D eigenvalue weighted by atomic mass is 32.1. The maximum Gasteiger partial charge on any atom is 0.0440 e. The molecule has 2 rings (SSSR count). The zero-order valence-electron chi connectivity index (χ0n) is 10.6. The first-order valence-corrected chi connectivity index (χ1v) is 7.34. The maximum absolute atomic E-state index is 3.86. The molecule has 1 fully saturated rings. The predicted molar refractivity (Wildman–Crippen MR) is 71.8 cm³/mol. The lowest BCUT2D eigenvalue weighted by Crippen LogP contribution is -2.33. The molecule has 1 aromatic heterocycles. The van der Waals surface area contributed by atoms with Crippen LogP contribution in [0.1, 0.15) is 51.0 Å². The molecule has 1 heterocycles. The Morgan fingerprint density at radius 1 is 1.38 bits per heavy atom. The molecule has 3 atom stereocenters. The first-order valence-electron chi connectivity index (χ1n) is 6.46. The molecular formula is C14H23NS. The van der Waals surface area contributed by atoms with E-state index < -0.39 is 0 Å². The van der Waals surface area contributed by atoms with Gasteiger partial charge in [0.05, 0.1) is 0 Å². The molecule has 90 valence electrons. The van der Waals surface area contributed by atoms with Gasteiger partial charge < -0.3 is 5.32 Å². The van der Waals surface area contributed by atoms with Crippen LogP contribution >= 0.6 is 11.3 Å². The van der Waals surface area contributed by atoms with Crippen LogP contribution in [0.4, 0.5) is 0 Å². The third kappa shape index (κ3) is 2.86. The second kappa shape index (κ2) is 5.33. The van der Waals surface area contributed by atoms with Crippen molar-refractivity contribution in [3.63, 3.8) is 0 Å². The van der Waals surface area contributed by atoms with Crippen molar-refractivity contribution in [3.8, 4) is 0 Å². The smallest absolute Gasteiger partial charge is 0.0440 e. The van der Waals surface area contributed by atoms with Crippen molar-refractivity contribution in [2.45, 2.75) is 52.1 Å². The molecule has 3 unspecified atom stereocenters. The van der Waals surface area contributed by atoms with Crippen LogP contribution in [-0.2, 0) is 0 Å². The standard InChI is InChI=1S/C14H23NS/c1-10(2)14(13-5-4-8-16-13)15-12-7-6-11(3)9-12/h4-5,8,10-12,14-15H,6-7,9H2,1-3H3. The average Bonchev–Trinajstić information content (AvgIpc) is 2.84. The number of rotatable bonds is 4. The quantitative estimate of drug-likeness (QED) is 0.826. The van der Waals surface area contributed by atoms with Gasteiger partial charge in [-0.3, -0.25) is 0 Å². The van der Waals surface area contributed by atoms with Gasteiger partial charge in [0.25, 0.3) is 0 Å². The SMILES string of the molecule is CC1CCC(NC(c2cccs2)C(C)C)C1. The molecule has 1 aromatic rings. The molecule has 0 aliphatic heterocycles. The third-order valence-electron chi connectivity index (χ3n) is 3.63. The second-order valence-electron chi connectivity index (χ2n) is 5.52. The van der Waals surface area contributed by atoms with E-state index in [9.17, 15) is 0 Å². The number of hydrogen-bond acceptors (Lipinski definition) is 2. The van der Waals surface area contributed by atoms with Gasteiger partial charge in [0, 0.05) is 17.0 Å². The Kier molecular flexibility index (Phi) is 4.04. The average molecular weight is 237 g/mol. The topological polar surface area (TPSA) is 12.0 Å². The van der Waals surface area contributed by atoms with E-state index >= 15 is 0 Å². The highest BCUT2D eigenvalue weighted by Crippen LogP contribution is 2.31. The van der Waals surface area contributed by atoms with Gasteiger partial charge in [-0.25, -0.2) is 0 Å². The monoisotopic (exact) mass is 237 g/mol. The molecule has 0 saturated heterocycles. The van der Waals surface area contributed by atoms with Crippen molar-refractivity contribution in [3.05, 3.63) is 22.4 Å². The van der Waals surface area contributed by atoms with Gasteiger partial charge in [-0.2, -0.15) is 0 Å². The fourth-order valence-corrected chi connectivity index (χ4v) is 3.64. The largest absolute Gasteiger partial charge is 0.306 e. The minimum absolute atomic E-state index is 0.551. The lowest BCUT2D eigenvalue weighted by Gasteiger charge is -2.25. The van der Waals surface area contributed by atoms with Crippen LogP contribution < -0.4 is 5.32 Å². The van der Waals surface area contributed by atoms with Gasteiger partial charge in [-0.15, -0.1) is 11.3 Å². The normalized spacial score (nSPS) is 27.5. The van der Waals surface area contributed by atoms with Crippen LogP contribution in [0.25, 0.3) is 0 Å². The number of thiophene rings is 1. The number of nitrogens with one attached hydrogen (secondary N) is 1. The molecule has 16 heavy (non-hydrogen) atoms. The van der Waals surface area contributed by atoms with Gasteiger partial charge in [0.2, 0.25) is 0 Å². The van der Waals surface area contributed by atoms with Gasteiger partial charge in [-0.1, -0.05) is 26.8 Å². The molecule has 0 amide bonds. The zero-order valence-corrected chi connectivity index (χ0v) is 11.4. The lowest BCUT2D eigenvalue weighted by atomic mass is 10.0. The van der Waals surface area contributed by atoms with Crippen LogP contribution in [0.2, 0.25) is 0 Å². The van der Waals surface area contributed by atoms with E-state index in [2.05, 4.69) is 43.6 Å². The number of hydrogen-bond donors (Lipinski definition) is 1. The molecule has 1 N–H and O–H groups in total. The van der Waals surface area contributed by atoms with Gasteiger partial charge in [0.15, 0.2) is 0 Å². The summed E-state index contributed by atoms with van der Waals surface area (Å²) in [6.07, 6.45) is 4.11. The molecule has 0 radical (unpaired) electrons. The molecule has 1 aliphatic carbocycles. The molecular weight excluding hydrogens is 214 g/mol. The van der Waals surface area contributed by atoms with E-state index in [1.165, 1.54) is 24.1 Å². The molecule has 2 heteroatoms. The van der Waals surface area contributed by atoms with Crippen molar-refractivity contribution >= 4 is 11.3 Å². The second-order valence-corrected chi connectivity index (χ2v) is 6.50. The van der Waals surface area contributed by atoms with E-state index in [1.54, 1.807) is 0 Å². The van der Waals surface area contributed by atoms with Crippen molar-refractivity contribution in [1.82, 2.24) is 5.32 Å². The molecule has 1 nitrogen and oxygen atoms in total. The Morgan fingerprint density at radius 2 is 2.19 bits per heavy atom. The highest BCUT2D eigenvalue weighted by Gasteiger charge is 2.26. The van der Waals surface area contributed by atoms with E-state index in [-0.39, 0.29) is 0 Å². The zero-order chi connectivity index (χ0) is 11.5. The molecule has 0 bridgehead atoms. The Balaban J connectivity index is 1.98. The minimum atomic E-state index is 0.551. The van der Waals surface area contributed by atoms with Crippen molar-refractivity contribution in [2.75, 3.05) is 0 Å². The summed E-state index contributed by atoms with van der Waals surface area (Å²) in [5.74, 6) is 1.59. The lowest BCUT2D eigenvalue weighted by molar-refractivity contribution is 0.360. The van der Waals surface area contributed by atoms with Gasteiger partial charge in [0.1, 0.15) is 0 Å². The van der Waals surface area contributed by atoms with E-state index in [1.807, 2.05) is 11.3 Å². The van der Waals surface area contributed by atoms with E-state index in [4.69, 9.17) is 0 Å². The van der Waals surface area contributed by atoms with Gasteiger partial charge >= 0.3 is 0 Å². The maximum atomic E-state index is 3.86. The van der Waals surface area contributed by atoms with Crippen LogP contribution in [0, 0.1) is 11.8 Å². The Labute approximate surface area is 103 Å². The Hall–Kier alpha value is -0.340. The summed E-state index contributed by atoms with van der Waals surface area (Å²) in [5.41, 5.74) is 0. The summed E-state index contributed by atoms with van der Waals surface area (Å²) in [6.45, 7) is 7.00. The first kappa shape index (κ1) is 12.1.